The molecule has 1 N–H and O–H groups in total. The van der Waals surface area contributed by atoms with Gasteiger partial charge < -0.3 is 4.57 Å². The molecule has 6 nitrogen and oxygen atoms in total. The lowest BCUT2D eigenvalue weighted by Gasteiger charge is -2.18. The van der Waals surface area contributed by atoms with E-state index in [-0.39, 0.29) is 6.54 Å². The van der Waals surface area contributed by atoms with Crippen molar-refractivity contribution in [3.8, 4) is 10.4 Å². The zero-order valence-corrected chi connectivity index (χ0v) is 21.4. The van der Waals surface area contributed by atoms with Crippen LogP contribution in [-0.2, 0) is 17.8 Å². The van der Waals surface area contributed by atoms with E-state index in [2.05, 4.69) is 17.1 Å². The highest BCUT2D eigenvalue weighted by molar-refractivity contribution is 7.77. The summed E-state index contributed by atoms with van der Waals surface area (Å²) in [6.45, 7) is 4.69. The van der Waals surface area contributed by atoms with Gasteiger partial charge in [-0.2, -0.15) is 0 Å². The van der Waals surface area contributed by atoms with Crippen molar-refractivity contribution < 1.29 is 13.6 Å². The molecule has 0 aliphatic heterocycles. The van der Waals surface area contributed by atoms with Gasteiger partial charge in [0.25, 0.3) is 17.2 Å². The standard InChI is InChI=1S/C25H26ClN3O3S2/c1-3-4-5-12-29(34(31)32)25(30)19-10-11-22-23(15-19)28(17(2)27-22)16-20-9-8-18(14-21(20)26)24-7-6-13-33-24/h6-11,13-15H,3-5,12,16H2,1-2H3,(H,31,32). The van der Waals surface area contributed by atoms with E-state index in [1.807, 2.05) is 42.0 Å². The molecular formula is C25H26ClN3O3S2. The normalized spacial score (nSPS) is 12.2. The number of imidazole rings is 1. The smallest absolute Gasteiger partial charge is 0.267 e. The van der Waals surface area contributed by atoms with Crippen molar-refractivity contribution in [2.45, 2.75) is 39.7 Å². The third kappa shape index (κ3) is 5.25. The average Bonchev–Trinajstić information content (AvgIpc) is 3.45. The molecular weight excluding hydrogens is 490 g/mol. The molecule has 2 aromatic heterocycles. The summed E-state index contributed by atoms with van der Waals surface area (Å²) < 4.78 is 24.5. The van der Waals surface area contributed by atoms with Crippen molar-refractivity contribution in [1.82, 2.24) is 13.9 Å². The summed E-state index contributed by atoms with van der Waals surface area (Å²) in [5, 5.41) is 2.70. The first-order valence-corrected chi connectivity index (χ1v) is 13.4. The minimum Gasteiger partial charge on any atom is -0.324 e. The second-order valence-electron chi connectivity index (χ2n) is 8.08. The predicted octanol–water partition coefficient (Wildman–Crippen LogP) is 6.54. The lowest BCUT2D eigenvalue weighted by Crippen LogP contribution is -2.33. The number of halogens is 1. The van der Waals surface area contributed by atoms with Crippen LogP contribution in [-0.4, -0.2) is 35.1 Å². The van der Waals surface area contributed by atoms with Crippen LogP contribution in [0.5, 0.6) is 0 Å². The highest BCUT2D eigenvalue weighted by atomic mass is 35.5. The van der Waals surface area contributed by atoms with Crippen LogP contribution < -0.4 is 0 Å². The Morgan fingerprint density at radius 3 is 2.71 bits per heavy atom. The van der Waals surface area contributed by atoms with Gasteiger partial charge in [0, 0.05) is 22.0 Å². The summed E-state index contributed by atoms with van der Waals surface area (Å²) in [5.41, 5.74) is 3.90. The van der Waals surface area contributed by atoms with Crippen molar-refractivity contribution in [2.24, 2.45) is 0 Å². The van der Waals surface area contributed by atoms with Crippen LogP contribution in [0.2, 0.25) is 5.02 Å². The van der Waals surface area contributed by atoms with Gasteiger partial charge in [0.15, 0.2) is 0 Å². The summed E-state index contributed by atoms with van der Waals surface area (Å²) in [5.74, 6) is 0.325. The first-order valence-electron chi connectivity index (χ1n) is 11.1. The fourth-order valence-corrected chi connectivity index (χ4v) is 5.41. The molecule has 2 heterocycles. The Balaban J connectivity index is 1.64. The van der Waals surface area contributed by atoms with E-state index in [9.17, 15) is 13.6 Å². The molecule has 1 atom stereocenters. The average molecular weight is 516 g/mol. The van der Waals surface area contributed by atoms with E-state index in [4.69, 9.17) is 11.6 Å². The summed E-state index contributed by atoms with van der Waals surface area (Å²) in [4.78, 5) is 18.8. The van der Waals surface area contributed by atoms with Gasteiger partial charge in [-0.15, -0.1) is 11.3 Å². The van der Waals surface area contributed by atoms with Gasteiger partial charge in [0.1, 0.15) is 5.82 Å². The number of aryl methyl sites for hydroxylation is 1. The first-order chi connectivity index (χ1) is 16.4. The molecule has 0 aliphatic rings. The van der Waals surface area contributed by atoms with Crippen LogP contribution in [0.4, 0.5) is 0 Å². The zero-order valence-electron chi connectivity index (χ0n) is 19.0. The highest BCUT2D eigenvalue weighted by Crippen LogP contribution is 2.30. The number of aromatic nitrogens is 2. The molecule has 0 saturated carbocycles. The SMILES string of the molecule is CCCCCN(C(=O)c1ccc2nc(C)n(Cc3ccc(-c4cccs4)cc3Cl)c2c1)S(=O)O. The topological polar surface area (TPSA) is 75.4 Å². The number of hydrogen-bond acceptors (Lipinski definition) is 4. The van der Waals surface area contributed by atoms with Gasteiger partial charge in [-0.1, -0.05) is 49.6 Å². The number of rotatable bonds is 9. The maximum Gasteiger partial charge on any atom is 0.267 e. The number of fused-ring (bicyclic) bond motifs is 1. The molecule has 0 aliphatic carbocycles. The lowest BCUT2D eigenvalue weighted by molar-refractivity contribution is 0.0858. The highest BCUT2D eigenvalue weighted by Gasteiger charge is 2.22. The van der Waals surface area contributed by atoms with Gasteiger partial charge in [-0.25, -0.2) is 13.5 Å². The number of carbonyl (C=O) groups excluding carboxylic acids is 1. The van der Waals surface area contributed by atoms with Crippen molar-refractivity contribution in [3.05, 3.63) is 75.9 Å². The Labute approximate surface area is 210 Å². The number of thiophene rings is 1. The predicted molar refractivity (Wildman–Crippen MR) is 140 cm³/mol. The number of benzene rings is 2. The van der Waals surface area contributed by atoms with E-state index >= 15 is 0 Å². The monoisotopic (exact) mass is 515 g/mol. The summed E-state index contributed by atoms with van der Waals surface area (Å²) in [6.07, 6.45) is 2.52. The Morgan fingerprint density at radius 1 is 1.21 bits per heavy atom. The van der Waals surface area contributed by atoms with Crippen LogP contribution in [0.3, 0.4) is 0 Å². The molecule has 0 fully saturated rings. The fraction of sp³-hybridized carbons (Fsp3) is 0.280. The van der Waals surface area contributed by atoms with Gasteiger partial charge in [0.2, 0.25) is 0 Å². The molecule has 178 valence electrons. The second kappa shape index (κ2) is 10.8. The number of unbranched alkanes of at least 4 members (excludes halogenated alkanes) is 2. The number of hydrogen-bond donors (Lipinski definition) is 1. The van der Waals surface area contributed by atoms with Gasteiger partial charge >= 0.3 is 0 Å². The molecule has 0 radical (unpaired) electrons. The van der Waals surface area contributed by atoms with Gasteiger partial charge in [-0.3, -0.25) is 9.35 Å². The molecule has 0 spiro atoms. The number of amides is 1. The summed E-state index contributed by atoms with van der Waals surface area (Å²) in [7, 11) is 0. The molecule has 1 unspecified atom stereocenters. The largest absolute Gasteiger partial charge is 0.324 e. The molecule has 0 saturated heterocycles. The summed E-state index contributed by atoms with van der Waals surface area (Å²) in [6, 6.07) is 15.3. The molecule has 1 amide bonds. The number of carbonyl (C=O) groups is 1. The van der Waals surface area contributed by atoms with Crippen LogP contribution in [0, 0.1) is 6.92 Å². The quantitative estimate of drug-likeness (QED) is 0.203. The van der Waals surface area contributed by atoms with E-state index in [0.29, 0.717) is 23.6 Å². The molecule has 4 aromatic rings. The molecule has 34 heavy (non-hydrogen) atoms. The number of nitrogens with zero attached hydrogens (tertiary/aromatic N) is 3. The van der Waals surface area contributed by atoms with Crippen molar-refractivity contribution in [3.63, 3.8) is 0 Å². The van der Waals surface area contributed by atoms with Gasteiger partial charge in [-0.05, 0) is 60.2 Å². The fourth-order valence-electron chi connectivity index (χ4n) is 3.92. The zero-order chi connectivity index (χ0) is 24.2. The maximum atomic E-state index is 13.0. The van der Waals surface area contributed by atoms with E-state index in [1.54, 1.807) is 29.5 Å². The van der Waals surface area contributed by atoms with Crippen LogP contribution in [0.15, 0.2) is 53.9 Å². The molecule has 2 aromatic carbocycles. The maximum absolute atomic E-state index is 13.0. The molecule has 0 bridgehead atoms. The van der Waals surface area contributed by atoms with Crippen molar-refractivity contribution in [2.75, 3.05) is 6.54 Å². The summed E-state index contributed by atoms with van der Waals surface area (Å²) >= 11 is 5.92. The molecule has 9 heteroatoms. The van der Waals surface area contributed by atoms with Crippen LogP contribution >= 0.6 is 22.9 Å². The van der Waals surface area contributed by atoms with E-state index < -0.39 is 17.2 Å². The minimum absolute atomic E-state index is 0.234. The van der Waals surface area contributed by atoms with E-state index in [0.717, 1.165) is 50.0 Å². The molecule has 4 rings (SSSR count). The van der Waals surface area contributed by atoms with Crippen molar-refractivity contribution in [1.29, 1.82) is 0 Å². The Kier molecular flexibility index (Phi) is 7.83. The Hall–Kier alpha value is -2.52. The van der Waals surface area contributed by atoms with E-state index in [1.165, 1.54) is 0 Å². The minimum atomic E-state index is -2.38. The Morgan fingerprint density at radius 2 is 2.03 bits per heavy atom. The van der Waals surface area contributed by atoms with Crippen LogP contribution in [0.25, 0.3) is 21.5 Å². The Bertz CT molecular complexity index is 1330. The lowest BCUT2D eigenvalue weighted by atomic mass is 10.1. The first kappa shape index (κ1) is 24.6. The van der Waals surface area contributed by atoms with Crippen LogP contribution in [0.1, 0.15) is 47.9 Å². The second-order valence-corrected chi connectivity index (χ2v) is 10.3. The van der Waals surface area contributed by atoms with Gasteiger partial charge in [0.05, 0.1) is 17.6 Å². The van der Waals surface area contributed by atoms with Crippen molar-refractivity contribution >= 4 is 51.1 Å². The third-order valence-corrected chi connectivity index (χ3v) is 7.75. The third-order valence-electron chi connectivity index (χ3n) is 5.75.